The molecule has 0 atom stereocenters. The van der Waals surface area contributed by atoms with Crippen LogP contribution in [-0.2, 0) is 0 Å². The van der Waals surface area contributed by atoms with Crippen molar-refractivity contribution in [3.8, 4) is 0 Å². The molecule has 2 amide bonds. The van der Waals surface area contributed by atoms with E-state index in [9.17, 15) is 4.79 Å². The van der Waals surface area contributed by atoms with Gasteiger partial charge in [0.1, 0.15) is 5.10 Å². The molecule has 58 valence electrons. The summed E-state index contributed by atoms with van der Waals surface area (Å²) in [5, 5.41) is 3.64. The highest BCUT2D eigenvalue weighted by molar-refractivity contribution is 5.92. The van der Waals surface area contributed by atoms with Crippen molar-refractivity contribution < 1.29 is 14.2 Å². The van der Waals surface area contributed by atoms with Crippen molar-refractivity contribution in [3.63, 3.8) is 0 Å². The lowest BCUT2D eigenvalue weighted by atomic mass is 10.4. The molecule has 0 radical (unpaired) electrons. The molecule has 1 aliphatic heterocycles. The zero-order valence-electron chi connectivity index (χ0n) is 6.75. The molecule has 0 fully saturated rings. The Morgan fingerprint density at radius 2 is 2.09 bits per heavy atom. The topological polar surface area (TPSA) is 59.3 Å². The normalized spacial score (nSPS) is 17.4. The number of hydrogen-bond acceptors (Lipinski definition) is 2. The monoisotopic (exact) mass is 154 g/mol. The Balaban J connectivity index is 3.23. The fraction of sp³-hybridized carbons (Fsp3) is 0.500. The van der Waals surface area contributed by atoms with E-state index >= 15 is 0 Å². The first-order valence-electron chi connectivity index (χ1n) is 3.25. The highest BCUT2D eigenvalue weighted by Gasteiger charge is 2.45. The molecule has 5 heteroatoms. The van der Waals surface area contributed by atoms with Crippen molar-refractivity contribution in [3.05, 3.63) is 0 Å². The van der Waals surface area contributed by atoms with Crippen LogP contribution in [0.3, 0.4) is 0 Å². The molecule has 1 N–H and O–H groups in total. The lowest BCUT2D eigenvalue weighted by Crippen LogP contribution is -2.25. The fourth-order valence-corrected chi connectivity index (χ4v) is 0.980. The Morgan fingerprint density at radius 1 is 1.55 bits per heavy atom. The summed E-state index contributed by atoms with van der Waals surface area (Å²) in [7, 11) is 0. The van der Waals surface area contributed by atoms with Crippen LogP contribution in [0.2, 0.25) is 0 Å². The molecule has 0 spiro atoms. The summed E-state index contributed by atoms with van der Waals surface area (Å²) in [5.41, 5.74) is 7.86. The summed E-state index contributed by atoms with van der Waals surface area (Å²) in [6.07, 6.45) is 0. The Bertz CT molecular complexity index is 293. The van der Waals surface area contributed by atoms with Gasteiger partial charge in [-0.05, 0) is 10.1 Å². The van der Waals surface area contributed by atoms with Gasteiger partial charge < -0.3 is 0 Å². The molecule has 0 bridgehead atoms. The minimum absolute atomic E-state index is 0.414. The van der Waals surface area contributed by atoms with Crippen LogP contribution in [0.25, 0.3) is 0 Å². The van der Waals surface area contributed by atoms with Gasteiger partial charge in [0.15, 0.2) is 10.5 Å². The smallest absolute Gasteiger partial charge is 0.147 e. The van der Waals surface area contributed by atoms with Crippen molar-refractivity contribution in [2.75, 3.05) is 0 Å². The lowest BCUT2D eigenvalue weighted by Gasteiger charge is -1.82. The second-order valence-electron chi connectivity index (χ2n) is 2.52. The summed E-state index contributed by atoms with van der Waals surface area (Å²) >= 11 is 0. The molecule has 1 rings (SSSR count). The molecule has 0 aliphatic carbocycles. The molecule has 1 aliphatic rings. The third kappa shape index (κ3) is 1.09. The number of carbonyl (C=O) groups excluding carboxylic acids is 1. The number of nitrogens with zero attached hydrogens (tertiary/aromatic N) is 3. The minimum atomic E-state index is -0.414. The molecule has 5 nitrogen and oxygen atoms in total. The molecule has 0 aromatic carbocycles. The highest BCUT2D eigenvalue weighted by atomic mass is 16.2. The van der Waals surface area contributed by atoms with Crippen molar-refractivity contribution in [1.29, 1.82) is 5.53 Å². The molecule has 0 unspecified atom stereocenters. The van der Waals surface area contributed by atoms with E-state index in [1.165, 1.54) is 4.58 Å². The highest BCUT2D eigenvalue weighted by Crippen LogP contribution is 1.99. The molecular formula is C6H10N4O+2. The van der Waals surface area contributed by atoms with Gasteiger partial charge in [-0.15, -0.1) is 4.79 Å². The summed E-state index contributed by atoms with van der Waals surface area (Å²) in [5.74, 6) is 0.546. The van der Waals surface area contributed by atoms with Crippen molar-refractivity contribution in [1.82, 2.24) is 0 Å². The van der Waals surface area contributed by atoms with Crippen LogP contribution in [0, 0.1) is 5.53 Å². The van der Waals surface area contributed by atoms with E-state index in [1.54, 1.807) is 20.8 Å². The van der Waals surface area contributed by atoms with Crippen molar-refractivity contribution in [2.45, 2.75) is 20.8 Å². The van der Waals surface area contributed by atoms with Gasteiger partial charge >= 0.3 is 11.9 Å². The first-order chi connectivity index (χ1) is 5.04. The minimum Gasteiger partial charge on any atom is -0.147 e. The predicted octanol–water partition coefficient (Wildman–Crippen LogP) is 0.990. The average molecular weight is 154 g/mol. The Kier molecular flexibility index (Phi) is 1.64. The molecule has 0 saturated carbocycles. The van der Waals surface area contributed by atoms with Gasteiger partial charge in [0.05, 0.1) is 0 Å². The summed E-state index contributed by atoms with van der Waals surface area (Å²) in [6.45, 7) is 5.30. The third-order valence-electron chi connectivity index (χ3n) is 1.39. The van der Waals surface area contributed by atoms with Crippen LogP contribution >= 0.6 is 0 Å². The number of rotatable bonds is 0. The van der Waals surface area contributed by atoms with Gasteiger partial charge in [-0.2, -0.15) is 0 Å². The van der Waals surface area contributed by atoms with Gasteiger partial charge in [-0.3, -0.25) is 0 Å². The van der Waals surface area contributed by atoms with E-state index in [0.29, 0.717) is 10.6 Å². The van der Waals surface area contributed by atoms with Gasteiger partial charge in [0.2, 0.25) is 0 Å². The summed E-state index contributed by atoms with van der Waals surface area (Å²) in [6, 6.07) is -0.414. The zero-order chi connectivity index (χ0) is 8.59. The van der Waals surface area contributed by atoms with Crippen LogP contribution in [0.1, 0.15) is 20.8 Å². The second kappa shape index (κ2) is 2.34. The van der Waals surface area contributed by atoms with Crippen LogP contribution in [0.5, 0.6) is 0 Å². The maximum Gasteiger partial charge on any atom is 0.736 e. The molecule has 0 aromatic rings. The van der Waals surface area contributed by atoms with Crippen LogP contribution in [0.4, 0.5) is 4.79 Å². The van der Waals surface area contributed by atoms with E-state index in [-0.39, 0.29) is 0 Å². The van der Waals surface area contributed by atoms with Crippen molar-refractivity contribution in [2.24, 2.45) is 5.10 Å². The number of amides is 2. The van der Waals surface area contributed by atoms with Gasteiger partial charge in [0.25, 0.3) is 0 Å². The van der Waals surface area contributed by atoms with Gasteiger partial charge in [-0.1, -0.05) is 0 Å². The molecular weight excluding hydrogens is 144 g/mol. The van der Waals surface area contributed by atoms with Crippen LogP contribution in [-0.4, -0.2) is 27.0 Å². The lowest BCUT2D eigenvalue weighted by molar-refractivity contribution is -0.566. The summed E-state index contributed by atoms with van der Waals surface area (Å²) in [4.78, 5) is 11.7. The van der Waals surface area contributed by atoms with Crippen molar-refractivity contribution >= 4 is 17.6 Å². The Morgan fingerprint density at radius 3 is 2.27 bits per heavy atom. The fourth-order valence-electron chi connectivity index (χ4n) is 0.980. The first kappa shape index (κ1) is 7.71. The average Bonchev–Trinajstić information content (AvgIpc) is 2.07. The van der Waals surface area contributed by atoms with Crippen LogP contribution in [0.15, 0.2) is 5.10 Å². The van der Waals surface area contributed by atoms with Gasteiger partial charge in [0, 0.05) is 20.8 Å². The standard InChI is InChI=1S/C6H10N4O/c1-4(2)9-5(3)8-10(7)6(9)11/h7H,1-3H3/q+2. The maximum absolute atomic E-state index is 11.1. The molecule has 0 aromatic heterocycles. The van der Waals surface area contributed by atoms with E-state index in [2.05, 4.69) is 5.10 Å². The van der Waals surface area contributed by atoms with E-state index in [0.717, 1.165) is 5.71 Å². The van der Waals surface area contributed by atoms with E-state index in [1.807, 2.05) is 0 Å². The van der Waals surface area contributed by atoms with E-state index in [4.69, 9.17) is 5.53 Å². The molecule has 1 heterocycles. The Hall–Kier alpha value is -1.39. The second-order valence-corrected chi connectivity index (χ2v) is 2.52. The SMILES string of the molecule is CC1=N[N+](=N)C(=O)[N+]1=C(C)C. The first-order valence-corrected chi connectivity index (χ1v) is 3.25. The molecule has 11 heavy (non-hydrogen) atoms. The quantitative estimate of drug-likeness (QED) is 0.519. The number of nitrogens with one attached hydrogen (secondary N) is 1. The zero-order valence-corrected chi connectivity index (χ0v) is 6.75. The molecule has 0 saturated heterocycles. The van der Waals surface area contributed by atoms with Gasteiger partial charge in [-0.25, -0.2) is 0 Å². The number of hydrazone groups is 1. The van der Waals surface area contributed by atoms with E-state index < -0.39 is 6.03 Å². The number of amidine groups is 1. The number of urea groups is 1. The number of carbonyl (C=O) groups is 1. The maximum atomic E-state index is 11.1. The van der Waals surface area contributed by atoms with Crippen LogP contribution < -0.4 is 0 Å². The largest absolute Gasteiger partial charge is 0.736 e. The third-order valence-corrected chi connectivity index (χ3v) is 1.39. The predicted molar refractivity (Wildman–Crippen MR) is 38.1 cm³/mol. The number of hydrogen-bond donors (Lipinski definition) is 1. The Labute approximate surface area is 64.1 Å². The summed E-state index contributed by atoms with van der Waals surface area (Å²) < 4.78 is 1.40.